The molecule has 0 aliphatic heterocycles. The molecule has 3 aromatic rings. The first-order valence-electron chi connectivity index (χ1n) is 6.14. The van der Waals surface area contributed by atoms with Gasteiger partial charge in [0, 0.05) is 6.54 Å². The molecule has 3 rings (SSSR count). The van der Waals surface area contributed by atoms with E-state index >= 15 is 0 Å². The summed E-state index contributed by atoms with van der Waals surface area (Å²) < 4.78 is 14.1. The zero-order valence-corrected chi connectivity index (χ0v) is 10.6. The highest BCUT2D eigenvalue weighted by Crippen LogP contribution is 2.26. The third-order valence-corrected chi connectivity index (χ3v) is 3.26. The summed E-state index contributed by atoms with van der Waals surface area (Å²) in [5, 5.41) is 0. The number of H-pyrrole nitrogens is 1. The number of imidazole rings is 1. The average molecular weight is 255 g/mol. The van der Waals surface area contributed by atoms with E-state index in [0.29, 0.717) is 23.5 Å². The lowest BCUT2D eigenvalue weighted by Gasteiger charge is -2.01. The van der Waals surface area contributed by atoms with E-state index in [1.165, 1.54) is 0 Å². The van der Waals surface area contributed by atoms with Crippen molar-refractivity contribution < 1.29 is 4.39 Å². The molecule has 0 unspecified atom stereocenters. The topological polar surface area (TPSA) is 54.7 Å². The lowest BCUT2D eigenvalue weighted by Crippen LogP contribution is -1.96. The van der Waals surface area contributed by atoms with E-state index < -0.39 is 0 Å². The van der Waals surface area contributed by atoms with E-state index in [1.54, 1.807) is 19.1 Å². The lowest BCUT2D eigenvalue weighted by molar-refractivity contribution is 0.621. The van der Waals surface area contributed by atoms with Crippen molar-refractivity contribution in [2.45, 2.75) is 13.5 Å². The third kappa shape index (κ3) is 1.90. The molecule has 4 heteroatoms. The van der Waals surface area contributed by atoms with Gasteiger partial charge in [-0.05, 0) is 30.2 Å². The first kappa shape index (κ1) is 11.9. The van der Waals surface area contributed by atoms with Crippen LogP contribution < -0.4 is 5.73 Å². The van der Waals surface area contributed by atoms with Crippen molar-refractivity contribution in [1.29, 1.82) is 0 Å². The molecule has 0 saturated carbocycles. The summed E-state index contributed by atoms with van der Waals surface area (Å²) in [7, 11) is 0. The Hall–Kier alpha value is -2.20. The number of aryl methyl sites for hydroxylation is 1. The molecule has 19 heavy (non-hydrogen) atoms. The highest BCUT2D eigenvalue weighted by atomic mass is 19.1. The highest BCUT2D eigenvalue weighted by molar-refractivity contribution is 5.82. The van der Waals surface area contributed by atoms with Crippen LogP contribution in [0.2, 0.25) is 0 Å². The van der Waals surface area contributed by atoms with Gasteiger partial charge < -0.3 is 10.7 Å². The predicted octanol–water partition coefficient (Wildman–Crippen LogP) is 3.14. The Morgan fingerprint density at radius 2 is 2.00 bits per heavy atom. The molecule has 0 aliphatic carbocycles. The molecule has 0 spiro atoms. The van der Waals surface area contributed by atoms with Crippen molar-refractivity contribution in [2.24, 2.45) is 5.73 Å². The van der Waals surface area contributed by atoms with E-state index in [0.717, 1.165) is 16.6 Å². The molecule has 1 aromatic heterocycles. The Morgan fingerprint density at radius 1 is 1.21 bits per heavy atom. The summed E-state index contributed by atoms with van der Waals surface area (Å²) in [4.78, 5) is 7.63. The minimum absolute atomic E-state index is 0.240. The third-order valence-electron chi connectivity index (χ3n) is 3.26. The van der Waals surface area contributed by atoms with Gasteiger partial charge in [-0.25, -0.2) is 9.37 Å². The van der Waals surface area contributed by atoms with Crippen LogP contribution in [0.5, 0.6) is 0 Å². The Labute approximate surface area is 110 Å². The fraction of sp³-hybridized carbons (Fsp3) is 0.133. The number of halogens is 1. The molecule has 0 fully saturated rings. The summed E-state index contributed by atoms with van der Waals surface area (Å²) in [6.45, 7) is 2.16. The molecule has 0 atom stereocenters. The zero-order valence-electron chi connectivity index (χ0n) is 10.6. The van der Waals surface area contributed by atoms with Gasteiger partial charge in [0.2, 0.25) is 0 Å². The summed E-state index contributed by atoms with van der Waals surface area (Å²) in [6.07, 6.45) is 0. The Morgan fingerprint density at radius 3 is 2.79 bits per heavy atom. The first-order chi connectivity index (χ1) is 9.20. The number of nitrogens with one attached hydrogen (secondary N) is 1. The average Bonchev–Trinajstić information content (AvgIpc) is 2.85. The second-order valence-corrected chi connectivity index (χ2v) is 4.54. The molecule has 96 valence electrons. The monoisotopic (exact) mass is 255 g/mol. The minimum atomic E-state index is -0.240. The predicted molar refractivity (Wildman–Crippen MR) is 74.1 cm³/mol. The van der Waals surface area contributed by atoms with Crippen LogP contribution in [-0.4, -0.2) is 9.97 Å². The molecular formula is C15H14FN3. The SMILES string of the molecule is Cc1cccc(-c2nc3c(CN)cccc3[nH]2)c1F. The van der Waals surface area contributed by atoms with Gasteiger partial charge in [0.15, 0.2) is 0 Å². The molecule has 0 bridgehead atoms. The number of nitrogens with two attached hydrogens (primary N) is 1. The van der Waals surface area contributed by atoms with Crippen LogP contribution in [0, 0.1) is 12.7 Å². The summed E-state index contributed by atoms with van der Waals surface area (Å²) in [6, 6.07) is 11.1. The smallest absolute Gasteiger partial charge is 0.141 e. The minimum Gasteiger partial charge on any atom is -0.338 e. The molecule has 0 aliphatic rings. The van der Waals surface area contributed by atoms with E-state index in [2.05, 4.69) is 9.97 Å². The number of para-hydroxylation sites is 1. The van der Waals surface area contributed by atoms with Crippen molar-refractivity contribution >= 4 is 11.0 Å². The number of nitrogens with zero attached hydrogens (tertiary/aromatic N) is 1. The maximum absolute atomic E-state index is 14.1. The van der Waals surface area contributed by atoms with Crippen molar-refractivity contribution in [1.82, 2.24) is 9.97 Å². The van der Waals surface area contributed by atoms with Crippen molar-refractivity contribution in [3.05, 3.63) is 53.3 Å². The van der Waals surface area contributed by atoms with Gasteiger partial charge in [0.1, 0.15) is 11.6 Å². The molecule has 2 aromatic carbocycles. The van der Waals surface area contributed by atoms with Gasteiger partial charge in [0.25, 0.3) is 0 Å². The van der Waals surface area contributed by atoms with Crippen LogP contribution in [-0.2, 0) is 6.54 Å². The van der Waals surface area contributed by atoms with Crippen LogP contribution in [0.3, 0.4) is 0 Å². The quantitative estimate of drug-likeness (QED) is 0.739. The van der Waals surface area contributed by atoms with Crippen LogP contribution in [0.4, 0.5) is 4.39 Å². The fourth-order valence-corrected chi connectivity index (χ4v) is 2.21. The fourth-order valence-electron chi connectivity index (χ4n) is 2.21. The Bertz CT molecular complexity index is 746. The van der Waals surface area contributed by atoms with Crippen molar-refractivity contribution in [2.75, 3.05) is 0 Å². The van der Waals surface area contributed by atoms with Crippen molar-refractivity contribution in [3.63, 3.8) is 0 Å². The number of hydrogen-bond donors (Lipinski definition) is 2. The van der Waals surface area contributed by atoms with Crippen LogP contribution in [0.15, 0.2) is 36.4 Å². The van der Waals surface area contributed by atoms with E-state index in [4.69, 9.17) is 5.73 Å². The number of hydrogen-bond acceptors (Lipinski definition) is 2. The second-order valence-electron chi connectivity index (χ2n) is 4.54. The molecule has 0 radical (unpaired) electrons. The number of fused-ring (bicyclic) bond motifs is 1. The number of aromatic amines is 1. The van der Waals surface area contributed by atoms with Gasteiger partial charge in [0.05, 0.1) is 16.6 Å². The van der Waals surface area contributed by atoms with Gasteiger partial charge in [-0.15, -0.1) is 0 Å². The molecular weight excluding hydrogens is 241 g/mol. The van der Waals surface area contributed by atoms with E-state index in [-0.39, 0.29) is 5.82 Å². The molecule has 0 saturated heterocycles. The molecule has 0 amide bonds. The zero-order chi connectivity index (χ0) is 13.4. The van der Waals surface area contributed by atoms with Crippen LogP contribution >= 0.6 is 0 Å². The summed E-state index contributed by atoms with van der Waals surface area (Å²) >= 11 is 0. The molecule has 1 heterocycles. The Kier molecular flexibility index (Phi) is 2.80. The number of aromatic nitrogens is 2. The van der Waals surface area contributed by atoms with Gasteiger partial charge in [-0.3, -0.25) is 0 Å². The summed E-state index contributed by atoms with van der Waals surface area (Å²) in [5.74, 6) is 0.299. The summed E-state index contributed by atoms with van der Waals surface area (Å²) in [5.41, 5.74) is 9.42. The second kappa shape index (κ2) is 4.48. The molecule has 3 N–H and O–H groups in total. The van der Waals surface area contributed by atoms with E-state index in [9.17, 15) is 4.39 Å². The maximum atomic E-state index is 14.1. The highest BCUT2D eigenvalue weighted by Gasteiger charge is 2.12. The van der Waals surface area contributed by atoms with Crippen LogP contribution in [0.25, 0.3) is 22.4 Å². The number of rotatable bonds is 2. The largest absolute Gasteiger partial charge is 0.338 e. The normalized spacial score (nSPS) is 11.1. The van der Waals surface area contributed by atoms with Crippen molar-refractivity contribution in [3.8, 4) is 11.4 Å². The first-order valence-corrected chi connectivity index (χ1v) is 6.14. The number of benzene rings is 2. The van der Waals surface area contributed by atoms with Crippen LogP contribution in [0.1, 0.15) is 11.1 Å². The van der Waals surface area contributed by atoms with Gasteiger partial charge in [-0.1, -0.05) is 24.3 Å². The van der Waals surface area contributed by atoms with Gasteiger partial charge in [-0.2, -0.15) is 0 Å². The van der Waals surface area contributed by atoms with Gasteiger partial charge >= 0.3 is 0 Å². The Balaban J connectivity index is 2.24. The van der Waals surface area contributed by atoms with E-state index in [1.807, 2.05) is 24.3 Å². The standard InChI is InChI=1S/C15H14FN3/c1-9-4-2-6-11(13(9)16)15-18-12-7-3-5-10(8-17)14(12)19-15/h2-7H,8,17H2,1H3,(H,18,19). The maximum Gasteiger partial charge on any atom is 0.141 e. The molecule has 3 nitrogen and oxygen atoms in total. The lowest BCUT2D eigenvalue weighted by atomic mass is 10.1.